The van der Waals surface area contributed by atoms with Gasteiger partial charge >= 0.3 is 0 Å². The lowest BCUT2D eigenvalue weighted by Crippen LogP contribution is -2.28. The minimum absolute atomic E-state index is 0.0611. The SMILES string of the molecule is COc1ccc(OCCNC(=O)c2cnc(NC(C)c3ccccc3)nc2)cc1. The minimum atomic E-state index is -0.244. The fraction of sp³-hybridized carbons (Fsp3) is 0.227. The van der Waals surface area contributed by atoms with E-state index in [0.717, 1.165) is 11.3 Å². The summed E-state index contributed by atoms with van der Waals surface area (Å²) in [5.41, 5.74) is 1.53. The Morgan fingerprint density at radius 3 is 2.31 bits per heavy atom. The number of hydrogen-bond acceptors (Lipinski definition) is 6. The Bertz CT molecular complexity index is 900. The van der Waals surface area contributed by atoms with Gasteiger partial charge in [-0.25, -0.2) is 9.97 Å². The van der Waals surface area contributed by atoms with Gasteiger partial charge < -0.3 is 20.1 Å². The normalized spacial score (nSPS) is 11.4. The second kappa shape index (κ2) is 10.1. The molecule has 0 fully saturated rings. The molecular formula is C22H24N4O3. The first-order chi connectivity index (χ1) is 14.2. The van der Waals surface area contributed by atoms with E-state index in [0.29, 0.717) is 30.4 Å². The number of carbonyl (C=O) groups excluding carboxylic acids is 1. The molecule has 150 valence electrons. The standard InChI is InChI=1S/C22H24N4O3/c1-16(17-6-4-3-5-7-17)26-22-24-14-18(15-25-22)21(27)23-12-13-29-20-10-8-19(28-2)9-11-20/h3-11,14-16H,12-13H2,1-2H3,(H,23,27)(H,24,25,26). The molecule has 2 N–H and O–H groups in total. The van der Waals surface area contributed by atoms with Crippen molar-refractivity contribution < 1.29 is 14.3 Å². The summed E-state index contributed by atoms with van der Waals surface area (Å²) in [5.74, 6) is 1.71. The van der Waals surface area contributed by atoms with E-state index >= 15 is 0 Å². The summed E-state index contributed by atoms with van der Waals surface area (Å²) in [7, 11) is 1.61. The third-order valence-electron chi connectivity index (χ3n) is 4.27. The predicted octanol–water partition coefficient (Wildman–Crippen LogP) is 3.47. The molecule has 0 radical (unpaired) electrons. The van der Waals surface area contributed by atoms with Gasteiger partial charge in [0.25, 0.3) is 5.91 Å². The van der Waals surface area contributed by atoms with Crippen molar-refractivity contribution in [1.29, 1.82) is 0 Å². The minimum Gasteiger partial charge on any atom is -0.497 e. The van der Waals surface area contributed by atoms with Crippen LogP contribution in [0.3, 0.4) is 0 Å². The molecule has 1 unspecified atom stereocenters. The van der Waals surface area contributed by atoms with Crippen molar-refractivity contribution in [2.24, 2.45) is 0 Å². The first-order valence-electron chi connectivity index (χ1n) is 9.34. The maximum Gasteiger partial charge on any atom is 0.254 e. The molecule has 2 aromatic carbocycles. The third kappa shape index (κ3) is 5.93. The van der Waals surface area contributed by atoms with Crippen LogP contribution in [-0.2, 0) is 0 Å². The summed E-state index contributed by atoms with van der Waals surface area (Å²) in [4.78, 5) is 20.7. The van der Waals surface area contributed by atoms with Crippen molar-refractivity contribution in [3.63, 3.8) is 0 Å². The zero-order valence-electron chi connectivity index (χ0n) is 16.5. The van der Waals surface area contributed by atoms with E-state index in [-0.39, 0.29) is 11.9 Å². The smallest absolute Gasteiger partial charge is 0.254 e. The number of hydrogen-bond donors (Lipinski definition) is 2. The van der Waals surface area contributed by atoms with Crippen LogP contribution in [0.15, 0.2) is 67.0 Å². The van der Waals surface area contributed by atoms with Crippen LogP contribution in [-0.4, -0.2) is 36.1 Å². The van der Waals surface area contributed by atoms with Crippen LogP contribution in [0.25, 0.3) is 0 Å². The molecule has 0 aliphatic carbocycles. The molecule has 0 bridgehead atoms. The Balaban J connectivity index is 1.43. The highest BCUT2D eigenvalue weighted by Crippen LogP contribution is 2.17. The maximum absolute atomic E-state index is 12.2. The third-order valence-corrected chi connectivity index (χ3v) is 4.27. The molecule has 0 saturated carbocycles. The fourth-order valence-corrected chi connectivity index (χ4v) is 2.65. The lowest BCUT2D eigenvalue weighted by molar-refractivity contribution is 0.0946. The van der Waals surface area contributed by atoms with Gasteiger partial charge in [-0.05, 0) is 36.8 Å². The number of nitrogens with zero attached hydrogens (tertiary/aromatic N) is 2. The molecule has 0 spiro atoms. The van der Waals surface area contributed by atoms with Crippen LogP contribution in [0, 0.1) is 0 Å². The molecule has 1 amide bonds. The number of amides is 1. The molecule has 29 heavy (non-hydrogen) atoms. The summed E-state index contributed by atoms with van der Waals surface area (Å²) in [6.45, 7) is 2.76. The number of aromatic nitrogens is 2. The predicted molar refractivity (Wildman–Crippen MR) is 111 cm³/mol. The van der Waals surface area contributed by atoms with Crippen LogP contribution in [0.1, 0.15) is 28.9 Å². The van der Waals surface area contributed by atoms with Gasteiger partial charge in [0, 0.05) is 12.4 Å². The van der Waals surface area contributed by atoms with Gasteiger partial charge in [0.05, 0.1) is 25.3 Å². The molecule has 7 nitrogen and oxygen atoms in total. The van der Waals surface area contributed by atoms with E-state index in [1.54, 1.807) is 7.11 Å². The molecular weight excluding hydrogens is 368 g/mol. The average Bonchev–Trinajstić information content (AvgIpc) is 2.78. The first kappa shape index (κ1) is 20.1. The summed E-state index contributed by atoms with van der Waals surface area (Å²) in [6, 6.07) is 17.3. The van der Waals surface area contributed by atoms with Gasteiger partial charge in [0.15, 0.2) is 0 Å². The Labute approximate surface area is 170 Å². The highest BCUT2D eigenvalue weighted by molar-refractivity contribution is 5.93. The van der Waals surface area contributed by atoms with Gasteiger partial charge in [-0.15, -0.1) is 0 Å². The number of nitrogens with one attached hydrogen (secondary N) is 2. The Morgan fingerprint density at radius 1 is 1.00 bits per heavy atom. The van der Waals surface area contributed by atoms with E-state index in [4.69, 9.17) is 9.47 Å². The van der Waals surface area contributed by atoms with E-state index in [1.807, 2.05) is 61.5 Å². The second-order valence-electron chi connectivity index (χ2n) is 6.35. The lowest BCUT2D eigenvalue weighted by Gasteiger charge is -2.14. The fourth-order valence-electron chi connectivity index (χ4n) is 2.65. The molecule has 0 saturated heterocycles. The number of ether oxygens (including phenoxy) is 2. The Hall–Kier alpha value is -3.61. The molecule has 1 heterocycles. The molecule has 1 atom stereocenters. The Morgan fingerprint density at radius 2 is 1.66 bits per heavy atom. The maximum atomic E-state index is 12.2. The largest absolute Gasteiger partial charge is 0.497 e. The van der Waals surface area contributed by atoms with Crippen molar-refractivity contribution in [2.75, 3.05) is 25.6 Å². The number of anilines is 1. The monoisotopic (exact) mass is 392 g/mol. The van der Waals surface area contributed by atoms with E-state index in [9.17, 15) is 4.79 Å². The molecule has 0 aliphatic heterocycles. The molecule has 3 aromatic rings. The first-order valence-corrected chi connectivity index (χ1v) is 9.34. The highest BCUT2D eigenvalue weighted by atomic mass is 16.5. The van der Waals surface area contributed by atoms with Gasteiger partial charge in [-0.2, -0.15) is 0 Å². The van der Waals surface area contributed by atoms with Crippen LogP contribution >= 0.6 is 0 Å². The van der Waals surface area contributed by atoms with Gasteiger partial charge in [0.2, 0.25) is 5.95 Å². The van der Waals surface area contributed by atoms with E-state index in [1.165, 1.54) is 12.4 Å². The van der Waals surface area contributed by atoms with Crippen molar-refractivity contribution in [3.8, 4) is 11.5 Å². The summed E-state index contributed by atoms with van der Waals surface area (Å²) in [6.07, 6.45) is 3.01. The summed E-state index contributed by atoms with van der Waals surface area (Å²) >= 11 is 0. The molecule has 7 heteroatoms. The topological polar surface area (TPSA) is 85.4 Å². The molecule has 1 aromatic heterocycles. The zero-order valence-corrected chi connectivity index (χ0v) is 16.5. The zero-order chi connectivity index (χ0) is 20.5. The number of carbonyl (C=O) groups is 1. The van der Waals surface area contributed by atoms with E-state index in [2.05, 4.69) is 20.6 Å². The van der Waals surface area contributed by atoms with Crippen molar-refractivity contribution in [2.45, 2.75) is 13.0 Å². The van der Waals surface area contributed by atoms with Gasteiger partial charge in [-0.3, -0.25) is 4.79 Å². The molecule has 0 aliphatic rings. The quantitative estimate of drug-likeness (QED) is 0.543. The second-order valence-corrected chi connectivity index (χ2v) is 6.35. The van der Waals surface area contributed by atoms with Crippen LogP contribution in [0.2, 0.25) is 0 Å². The lowest BCUT2D eigenvalue weighted by atomic mass is 10.1. The summed E-state index contributed by atoms with van der Waals surface area (Å²) in [5, 5.41) is 6.01. The number of rotatable bonds is 9. The highest BCUT2D eigenvalue weighted by Gasteiger charge is 2.09. The summed E-state index contributed by atoms with van der Waals surface area (Å²) < 4.78 is 10.7. The number of methoxy groups -OCH3 is 1. The van der Waals surface area contributed by atoms with Crippen molar-refractivity contribution >= 4 is 11.9 Å². The van der Waals surface area contributed by atoms with Crippen LogP contribution in [0.5, 0.6) is 11.5 Å². The number of benzene rings is 2. The van der Waals surface area contributed by atoms with Crippen molar-refractivity contribution in [3.05, 3.63) is 78.1 Å². The Kier molecular flexibility index (Phi) is 7.00. The van der Waals surface area contributed by atoms with Gasteiger partial charge in [-0.1, -0.05) is 30.3 Å². The van der Waals surface area contributed by atoms with E-state index < -0.39 is 0 Å². The van der Waals surface area contributed by atoms with Crippen LogP contribution in [0.4, 0.5) is 5.95 Å². The van der Waals surface area contributed by atoms with Crippen LogP contribution < -0.4 is 20.1 Å². The van der Waals surface area contributed by atoms with Gasteiger partial charge in [0.1, 0.15) is 18.1 Å². The van der Waals surface area contributed by atoms with Crippen molar-refractivity contribution in [1.82, 2.24) is 15.3 Å². The average molecular weight is 392 g/mol. The molecule has 3 rings (SSSR count).